The highest BCUT2D eigenvalue weighted by Gasteiger charge is 2.53. The van der Waals surface area contributed by atoms with Crippen LogP contribution < -0.4 is 29.0 Å². The molecular weight excluding hydrogens is 574 g/mol. The van der Waals surface area contributed by atoms with E-state index in [1.54, 1.807) is 30.3 Å². The van der Waals surface area contributed by atoms with Gasteiger partial charge in [0.05, 0.1) is 14.2 Å². The molecule has 236 valence electrons. The Labute approximate surface area is 263 Å². The summed E-state index contributed by atoms with van der Waals surface area (Å²) in [6.45, 7) is 12.5. The SMILES string of the molecule is COc1cccc(OC)c1NC(=O)c1ccc(Oc2cc3c(cc2C)OC2(CC(C)(C)c4cc(O)c(C)cc4O2)CC3(C)C)o1. The Bertz CT molecular complexity index is 1780. The number of carbonyl (C=O) groups excluding carboxylic acids is 1. The molecule has 0 saturated carbocycles. The molecule has 2 N–H and O–H groups in total. The Morgan fingerprint density at radius 2 is 1.38 bits per heavy atom. The van der Waals surface area contributed by atoms with Crippen LogP contribution >= 0.6 is 0 Å². The van der Waals surface area contributed by atoms with Crippen molar-refractivity contribution in [2.24, 2.45) is 0 Å². The molecule has 1 aromatic heterocycles. The summed E-state index contributed by atoms with van der Waals surface area (Å²) in [6, 6.07) is 16.0. The number of hydrogen-bond donors (Lipinski definition) is 2. The number of benzene rings is 3. The molecule has 4 aromatic rings. The number of ether oxygens (including phenoxy) is 5. The Kier molecular flexibility index (Phi) is 7.18. The number of amides is 1. The minimum Gasteiger partial charge on any atom is -0.508 e. The lowest BCUT2D eigenvalue weighted by molar-refractivity contribution is -0.166. The van der Waals surface area contributed by atoms with Gasteiger partial charge in [0.15, 0.2) is 5.76 Å². The molecule has 1 unspecified atom stereocenters. The number of fused-ring (bicyclic) bond motifs is 2. The van der Waals surface area contributed by atoms with Crippen LogP contribution in [-0.4, -0.2) is 31.0 Å². The average molecular weight is 614 g/mol. The zero-order valence-electron chi connectivity index (χ0n) is 26.9. The number of aromatic hydroxyl groups is 1. The first kappa shape index (κ1) is 30.2. The molecule has 9 nitrogen and oxygen atoms in total. The van der Waals surface area contributed by atoms with Crippen molar-refractivity contribution < 1.29 is 38.0 Å². The largest absolute Gasteiger partial charge is 0.508 e. The summed E-state index contributed by atoms with van der Waals surface area (Å²) in [4.78, 5) is 13.1. The van der Waals surface area contributed by atoms with Crippen LogP contribution in [-0.2, 0) is 10.8 Å². The van der Waals surface area contributed by atoms with Crippen molar-refractivity contribution >= 4 is 11.6 Å². The highest BCUT2D eigenvalue weighted by atomic mass is 16.7. The molecule has 1 spiro atoms. The third kappa shape index (κ3) is 5.41. The van der Waals surface area contributed by atoms with Gasteiger partial charge in [-0.15, -0.1) is 0 Å². The summed E-state index contributed by atoms with van der Waals surface area (Å²) >= 11 is 0. The fourth-order valence-electron chi connectivity index (χ4n) is 6.59. The van der Waals surface area contributed by atoms with Crippen LogP contribution in [0.2, 0.25) is 0 Å². The van der Waals surface area contributed by atoms with Crippen LogP contribution in [0.4, 0.5) is 5.69 Å². The Balaban J connectivity index is 1.25. The van der Waals surface area contributed by atoms with Crippen molar-refractivity contribution in [1.29, 1.82) is 0 Å². The number of carbonyl (C=O) groups is 1. The van der Waals surface area contributed by atoms with Crippen LogP contribution in [0.1, 0.15) is 73.3 Å². The molecule has 0 fully saturated rings. The van der Waals surface area contributed by atoms with E-state index in [1.807, 2.05) is 38.1 Å². The third-order valence-electron chi connectivity index (χ3n) is 8.73. The van der Waals surface area contributed by atoms with Gasteiger partial charge >= 0.3 is 0 Å². The zero-order chi connectivity index (χ0) is 32.3. The minimum atomic E-state index is -0.876. The fraction of sp³-hybridized carbons (Fsp3) is 0.361. The fourth-order valence-corrected chi connectivity index (χ4v) is 6.59. The van der Waals surface area contributed by atoms with Crippen LogP contribution in [0.5, 0.6) is 40.4 Å². The average Bonchev–Trinajstić information content (AvgIpc) is 3.43. The molecule has 2 aliphatic rings. The maximum atomic E-state index is 13.1. The molecule has 0 aliphatic carbocycles. The summed E-state index contributed by atoms with van der Waals surface area (Å²) in [6.07, 6.45) is 1.23. The molecule has 1 atom stereocenters. The first-order valence-corrected chi connectivity index (χ1v) is 14.9. The zero-order valence-corrected chi connectivity index (χ0v) is 26.9. The lowest BCUT2D eigenvalue weighted by atomic mass is 9.69. The van der Waals surface area contributed by atoms with Gasteiger partial charge in [-0.05, 0) is 67.4 Å². The second-order valence-electron chi connectivity index (χ2n) is 13.2. The van der Waals surface area contributed by atoms with E-state index in [9.17, 15) is 9.90 Å². The van der Waals surface area contributed by atoms with Crippen molar-refractivity contribution in [3.63, 3.8) is 0 Å². The van der Waals surface area contributed by atoms with E-state index in [-0.39, 0.29) is 28.3 Å². The number of hydrogen-bond acceptors (Lipinski definition) is 8. The topological polar surface area (TPSA) is 109 Å². The number of methoxy groups -OCH3 is 2. The monoisotopic (exact) mass is 613 g/mol. The van der Waals surface area contributed by atoms with Gasteiger partial charge in [0, 0.05) is 40.9 Å². The summed E-state index contributed by atoms with van der Waals surface area (Å²) in [7, 11) is 3.04. The molecule has 2 aliphatic heterocycles. The Hall–Kier alpha value is -4.79. The van der Waals surface area contributed by atoms with E-state index in [4.69, 9.17) is 28.1 Å². The molecule has 45 heavy (non-hydrogen) atoms. The quantitative estimate of drug-likeness (QED) is 0.224. The van der Waals surface area contributed by atoms with E-state index in [1.165, 1.54) is 14.2 Å². The Morgan fingerprint density at radius 3 is 1.98 bits per heavy atom. The van der Waals surface area contributed by atoms with Gasteiger partial charge in [-0.3, -0.25) is 4.79 Å². The minimum absolute atomic E-state index is 0.0695. The molecular formula is C36H39NO8. The number of aryl methyl sites for hydroxylation is 2. The molecule has 3 heterocycles. The van der Waals surface area contributed by atoms with Crippen molar-refractivity contribution in [2.75, 3.05) is 19.5 Å². The van der Waals surface area contributed by atoms with Crippen LogP contribution in [0.25, 0.3) is 0 Å². The normalized spacial score (nSPS) is 19.0. The van der Waals surface area contributed by atoms with Gasteiger partial charge in [0.1, 0.15) is 40.2 Å². The van der Waals surface area contributed by atoms with Crippen LogP contribution in [0, 0.1) is 13.8 Å². The second-order valence-corrected chi connectivity index (χ2v) is 13.2. The number of phenolic OH excluding ortho intramolecular Hbond substituents is 1. The first-order chi connectivity index (χ1) is 21.2. The number of rotatable bonds is 6. The maximum Gasteiger partial charge on any atom is 0.291 e. The standard InChI is InChI=1S/C36H39NO8/c1-20-14-29-22(16-24(20)38)34(3,4)18-36(44-29)19-35(5,6)23-17-28(21(2)15-30(23)45-36)43-31-13-12-27(42-31)33(39)37-32-25(40-7)10-9-11-26(32)41-8/h9-17,38H,18-19H2,1-8H3,(H,37,39). The Morgan fingerprint density at radius 1 is 0.800 bits per heavy atom. The second kappa shape index (κ2) is 10.7. The lowest BCUT2D eigenvalue weighted by Gasteiger charge is -2.51. The highest BCUT2D eigenvalue weighted by Crippen LogP contribution is 2.55. The number of nitrogens with one attached hydrogen (secondary N) is 1. The van der Waals surface area contributed by atoms with Gasteiger partial charge in [-0.25, -0.2) is 0 Å². The molecule has 0 bridgehead atoms. The van der Waals surface area contributed by atoms with Gasteiger partial charge in [-0.1, -0.05) is 33.8 Å². The molecule has 3 aromatic carbocycles. The van der Waals surface area contributed by atoms with E-state index < -0.39 is 11.7 Å². The van der Waals surface area contributed by atoms with Gasteiger partial charge in [0.2, 0.25) is 0 Å². The molecule has 0 saturated heterocycles. The van der Waals surface area contributed by atoms with E-state index in [2.05, 4.69) is 33.0 Å². The molecule has 6 rings (SSSR count). The smallest absolute Gasteiger partial charge is 0.291 e. The summed E-state index contributed by atoms with van der Waals surface area (Å²) in [5, 5.41) is 13.2. The molecule has 1 amide bonds. The van der Waals surface area contributed by atoms with Gasteiger partial charge < -0.3 is 38.5 Å². The number of para-hydroxylation sites is 1. The van der Waals surface area contributed by atoms with Crippen LogP contribution in [0.15, 0.2) is 59.0 Å². The predicted molar refractivity (Wildman–Crippen MR) is 170 cm³/mol. The first-order valence-electron chi connectivity index (χ1n) is 14.9. The third-order valence-corrected chi connectivity index (χ3v) is 8.73. The number of anilines is 1. The summed E-state index contributed by atoms with van der Waals surface area (Å²) in [5.41, 5.74) is 3.32. The van der Waals surface area contributed by atoms with E-state index in [0.29, 0.717) is 35.8 Å². The van der Waals surface area contributed by atoms with Crippen molar-refractivity contribution in [3.8, 4) is 40.4 Å². The lowest BCUT2D eigenvalue weighted by Crippen LogP contribution is -2.55. The van der Waals surface area contributed by atoms with E-state index >= 15 is 0 Å². The summed E-state index contributed by atoms with van der Waals surface area (Å²) < 4.78 is 36.1. The van der Waals surface area contributed by atoms with Crippen molar-refractivity contribution in [1.82, 2.24) is 0 Å². The molecule has 0 radical (unpaired) electrons. The maximum absolute atomic E-state index is 13.1. The number of furan rings is 1. The van der Waals surface area contributed by atoms with E-state index in [0.717, 1.165) is 33.8 Å². The van der Waals surface area contributed by atoms with Gasteiger partial charge in [-0.2, -0.15) is 0 Å². The van der Waals surface area contributed by atoms with Crippen LogP contribution in [0.3, 0.4) is 0 Å². The summed E-state index contributed by atoms with van der Waals surface area (Å²) in [5.74, 6) is 2.14. The van der Waals surface area contributed by atoms with Gasteiger partial charge in [0.25, 0.3) is 17.6 Å². The highest BCUT2D eigenvalue weighted by molar-refractivity contribution is 6.04. The van der Waals surface area contributed by atoms with Crippen molar-refractivity contribution in [3.05, 3.63) is 82.6 Å². The number of phenols is 1. The predicted octanol–water partition coefficient (Wildman–Crippen LogP) is 8.18. The molecule has 9 heteroatoms. The van der Waals surface area contributed by atoms with Crippen molar-refractivity contribution in [2.45, 2.75) is 71.0 Å².